The van der Waals surface area contributed by atoms with Crippen LogP contribution in [0.3, 0.4) is 0 Å². The topological polar surface area (TPSA) is 81.9 Å². The lowest BCUT2D eigenvalue weighted by Crippen LogP contribution is -2.31. The van der Waals surface area contributed by atoms with E-state index in [1.165, 1.54) is 0 Å². The second kappa shape index (κ2) is 5.94. The summed E-state index contributed by atoms with van der Waals surface area (Å²) in [6.45, 7) is 0. The number of aromatic nitrogens is 4. The van der Waals surface area contributed by atoms with Crippen LogP contribution in [0.25, 0.3) is 11.4 Å². The Morgan fingerprint density at radius 2 is 1.92 bits per heavy atom. The van der Waals surface area contributed by atoms with Crippen molar-refractivity contribution in [1.82, 2.24) is 20.2 Å². The van der Waals surface area contributed by atoms with E-state index >= 15 is 0 Å². The molecule has 1 fully saturated rings. The fourth-order valence-electron chi connectivity index (χ4n) is 3.20. The molecule has 0 radical (unpaired) electrons. The van der Waals surface area contributed by atoms with E-state index < -0.39 is 6.10 Å². The molecule has 1 unspecified atom stereocenters. The lowest BCUT2D eigenvalue weighted by atomic mass is 10.1. The molecule has 130 valence electrons. The Morgan fingerprint density at radius 1 is 1.12 bits per heavy atom. The summed E-state index contributed by atoms with van der Waals surface area (Å²) in [5, 5.41) is 14.9. The first-order valence-electron chi connectivity index (χ1n) is 8.72. The lowest BCUT2D eigenvalue weighted by molar-refractivity contribution is -0.122. The number of nitrogens with one attached hydrogen (secondary N) is 1. The van der Waals surface area contributed by atoms with Gasteiger partial charge in [0.15, 0.2) is 11.9 Å². The van der Waals surface area contributed by atoms with Crippen LogP contribution < -0.4 is 10.1 Å². The molecule has 1 saturated carbocycles. The summed E-state index contributed by atoms with van der Waals surface area (Å²) in [6.07, 6.45) is 2.34. The number of hydrogen-bond donors (Lipinski definition) is 1. The molecule has 7 heteroatoms. The highest BCUT2D eigenvalue weighted by Crippen LogP contribution is 2.36. The van der Waals surface area contributed by atoms with Crippen LogP contribution in [0.5, 0.6) is 5.75 Å². The van der Waals surface area contributed by atoms with Gasteiger partial charge in [-0.15, -0.1) is 5.10 Å². The molecule has 2 aromatic carbocycles. The Hall–Kier alpha value is -3.22. The summed E-state index contributed by atoms with van der Waals surface area (Å²) in [4.78, 5) is 12.5. The number of tetrazole rings is 1. The third-order valence-corrected chi connectivity index (χ3v) is 4.74. The van der Waals surface area contributed by atoms with Crippen LogP contribution in [0, 0.1) is 0 Å². The Kier molecular flexibility index (Phi) is 3.44. The highest BCUT2D eigenvalue weighted by molar-refractivity contribution is 5.95. The fraction of sp³-hybridized carbons (Fsp3) is 0.263. The molecular weight excluding hydrogens is 330 g/mol. The van der Waals surface area contributed by atoms with Crippen LogP contribution in [0.1, 0.15) is 24.4 Å². The second-order valence-corrected chi connectivity index (χ2v) is 6.66. The van der Waals surface area contributed by atoms with Crippen molar-refractivity contribution < 1.29 is 9.53 Å². The molecule has 2 aliphatic rings. The number of hydrogen-bond acceptors (Lipinski definition) is 5. The summed E-state index contributed by atoms with van der Waals surface area (Å²) in [7, 11) is 0. The van der Waals surface area contributed by atoms with Crippen molar-refractivity contribution in [3.05, 3.63) is 54.1 Å². The van der Waals surface area contributed by atoms with Gasteiger partial charge < -0.3 is 10.1 Å². The number of nitrogens with zero attached hydrogens (tertiary/aromatic N) is 4. The number of amides is 1. The first-order valence-corrected chi connectivity index (χ1v) is 8.72. The van der Waals surface area contributed by atoms with Crippen molar-refractivity contribution in [2.45, 2.75) is 31.4 Å². The highest BCUT2D eigenvalue weighted by atomic mass is 16.5. The molecule has 1 amide bonds. The first kappa shape index (κ1) is 15.1. The van der Waals surface area contributed by atoms with Crippen molar-refractivity contribution in [2.24, 2.45) is 0 Å². The molecule has 1 aliphatic heterocycles. The van der Waals surface area contributed by atoms with Gasteiger partial charge in [-0.3, -0.25) is 4.79 Å². The van der Waals surface area contributed by atoms with E-state index in [-0.39, 0.29) is 5.91 Å². The van der Waals surface area contributed by atoms with Gasteiger partial charge in [0.25, 0.3) is 5.91 Å². The van der Waals surface area contributed by atoms with Crippen LogP contribution in [0.15, 0.2) is 48.5 Å². The van der Waals surface area contributed by atoms with Crippen molar-refractivity contribution >= 4 is 11.6 Å². The zero-order valence-corrected chi connectivity index (χ0v) is 14.0. The quantitative estimate of drug-likeness (QED) is 0.784. The average molecular weight is 347 g/mol. The smallest absolute Gasteiger partial charge is 0.265 e. The number of carbonyl (C=O) groups is 1. The average Bonchev–Trinajstić information content (AvgIpc) is 3.23. The molecule has 1 aromatic heterocycles. The van der Waals surface area contributed by atoms with E-state index in [2.05, 4.69) is 20.8 Å². The van der Waals surface area contributed by atoms with Crippen LogP contribution in [-0.2, 0) is 11.2 Å². The number of ether oxygens (including phenoxy) is 1. The lowest BCUT2D eigenvalue weighted by Gasteiger charge is -2.11. The van der Waals surface area contributed by atoms with Crippen molar-refractivity contribution in [1.29, 1.82) is 0 Å². The number of anilines is 1. The SMILES string of the molecule is O=C(Nc1ccc(-c2nnnn2C2CC2)cc1)C1Cc2ccccc2O1. The summed E-state index contributed by atoms with van der Waals surface area (Å²) in [6, 6.07) is 15.7. The third-order valence-electron chi connectivity index (χ3n) is 4.74. The molecule has 7 nitrogen and oxygen atoms in total. The van der Waals surface area contributed by atoms with Crippen LogP contribution in [0.2, 0.25) is 0 Å². The van der Waals surface area contributed by atoms with Crippen LogP contribution in [-0.4, -0.2) is 32.2 Å². The number of fused-ring (bicyclic) bond motifs is 1. The van der Waals surface area contributed by atoms with Gasteiger partial charge in [0.2, 0.25) is 0 Å². The van der Waals surface area contributed by atoms with E-state index in [0.29, 0.717) is 12.5 Å². The second-order valence-electron chi connectivity index (χ2n) is 6.66. The number of para-hydroxylation sites is 1. The maximum atomic E-state index is 12.5. The van der Waals surface area contributed by atoms with Crippen LogP contribution >= 0.6 is 0 Å². The van der Waals surface area contributed by atoms with Gasteiger partial charge in [-0.25, -0.2) is 4.68 Å². The Balaban J connectivity index is 1.28. The van der Waals surface area contributed by atoms with E-state index in [0.717, 1.165) is 41.2 Å². The first-order chi connectivity index (χ1) is 12.8. The van der Waals surface area contributed by atoms with E-state index in [1.807, 2.05) is 53.2 Å². The summed E-state index contributed by atoms with van der Waals surface area (Å²) in [5.41, 5.74) is 2.73. The maximum Gasteiger partial charge on any atom is 0.265 e. The van der Waals surface area contributed by atoms with Gasteiger partial charge in [-0.2, -0.15) is 0 Å². The molecule has 1 atom stereocenters. The summed E-state index contributed by atoms with van der Waals surface area (Å²) >= 11 is 0. The minimum atomic E-state index is -0.491. The van der Waals surface area contributed by atoms with E-state index in [1.54, 1.807) is 0 Å². The predicted molar refractivity (Wildman–Crippen MR) is 94.7 cm³/mol. The Labute approximate surface area is 150 Å². The molecular formula is C19H17N5O2. The van der Waals surface area contributed by atoms with Crippen molar-refractivity contribution in [3.63, 3.8) is 0 Å². The van der Waals surface area contributed by atoms with Gasteiger partial charge in [-0.05, 0) is 59.2 Å². The van der Waals surface area contributed by atoms with Gasteiger partial charge >= 0.3 is 0 Å². The molecule has 3 aromatic rings. The van der Waals surface area contributed by atoms with Crippen molar-refractivity contribution in [2.75, 3.05) is 5.32 Å². The van der Waals surface area contributed by atoms with E-state index in [4.69, 9.17) is 4.74 Å². The van der Waals surface area contributed by atoms with Gasteiger partial charge in [0.05, 0.1) is 6.04 Å². The minimum Gasteiger partial charge on any atom is -0.480 e. The maximum absolute atomic E-state index is 12.5. The molecule has 5 rings (SSSR count). The van der Waals surface area contributed by atoms with Gasteiger partial charge in [0, 0.05) is 17.7 Å². The standard InChI is InChI=1S/C19H17N5O2/c25-19(17-11-13-3-1-2-4-16(13)26-17)20-14-7-5-12(6-8-14)18-21-22-23-24(18)15-9-10-15/h1-8,15,17H,9-11H2,(H,20,25). The normalized spacial score (nSPS) is 18.2. The third kappa shape index (κ3) is 2.71. The Morgan fingerprint density at radius 3 is 2.69 bits per heavy atom. The monoisotopic (exact) mass is 347 g/mol. The fourth-order valence-corrected chi connectivity index (χ4v) is 3.20. The zero-order chi connectivity index (χ0) is 17.5. The molecule has 1 aliphatic carbocycles. The molecule has 0 bridgehead atoms. The minimum absolute atomic E-state index is 0.142. The Bertz CT molecular complexity index is 937. The molecule has 1 N–H and O–H groups in total. The largest absolute Gasteiger partial charge is 0.480 e. The summed E-state index contributed by atoms with van der Waals surface area (Å²) in [5.74, 6) is 1.41. The van der Waals surface area contributed by atoms with Crippen LogP contribution in [0.4, 0.5) is 5.69 Å². The predicted octanol–water partition coefficient (Wildman–Crippen LogP) is 2.62. The van der Waals surface area contributed by atoms with Gasteiger partial charge in [-0.1, -0.05) is 18.2 Å². The summed E-state index contributed by atoms with van der Waals surface area (Å²) < 4.78 is 7.60. The van der Waals surface area contributed by atoms with Crippen molar-refractivity contribution in [3.8, 4) is 17.1 Å². The van der Waals surface area contributed by atoms with E-state index in [9.17, 15) is 4.79 Å². The molecule has 2 heterocycles. The highest BCUT2D eigenvalue weighted by Gasteiger charge is 2.29. The zero-order valence-electron chi connectivity index (χ0n) is 14.0. The molecule has 0 saturated heterocycles. The number of benzene rings is 2. The van der Waals surface area contributed by atoms with Gasteiger partial charge in [0.1, 0.15) is 5.75 Å². The number of carbonyl (C=O) groups excluding carboxylic acids is 1. The number of rotatable bonds is 4. The molecule has 0 spiro atoms. The molecule has 26 heavy (non-hydrogen) atoms.